The third-order valence-electron chi connectivity index (χ3n) is 3.26. The lowest BCUT2D eigenvalue weighted by atomic mass is 10.1. The summed E-state index contributed by atoms with van der Waals surface area (Å²) in [5.74, 6) is 5.77. The molecule has 26 heavy (non-hydrogen) atoms. The normalized spacial score (nSPS) is 10.2. The van der Waals surface area contributed by atoms with Crippen LogP contribution < -0.4 is 16.6 Å². The maximum Gasteiger partial charge on any atom is 0.311 e. The molecule has 0 saturated carbocycles. The summed E-state index contributed by atoms with van der Waals surface area (Å²) in [6.07, 6.45) is -0.0113. The van der Waals surface area contributed by atoms with E-state index in [0.29, 0.717) is 11.4 Å². The van der Waals surface area contributed by atoms with Gasteiger partial charge in [-0.25, -0.2) is 5.84 Å². The second-order valence-corrected chi connectivity index (χ2v) is 4.68. The number of benzene rings is 2. The van der Waals surface area contributed by atoms with Crippen LogP contribution in [0, 0.1) is 0 Å². The molecule has 2 aromatic rings. The Kier molecular flexibility index (Phi) is 12.0. The zero-order chi connectivity index (χ0) is 19.9. The number of esters is 1. The summed E-state index contributed by atoms with van der Waals surface area (Å²) in [6, 6.07) is 18.7. The third kappa shape index (κ3) is 6.99. The van der Waals surface area contributed by atoms with E-state index >= 15 is 0 Å². The number of rotatable bonds is 5. The first-order valence-corrected chi connectivity index (χ1v) is 8.84. The fourth-order valence-corrected chi connectivity index (χ4v) is 2.05. The predicted octanol–water partition coefficient (Wildman–Crippen LogP) is 4.31. The quantitative estimate of drug-likeness (QED) is 0.473. The molecule has 2 rings (SSSR count). The van der Waals surface area contributed by atoms with E-state index in [1.165, 1.54) is 12.1 Å². The number of nitrogens with two attached hydrogens (primary N) is 2. The summed E-state index contributed by atoms with van der Waals surface area (Å²) >= 11 is 0. The van der Waals surface area contributed by atoms with Crippen molar-refractivity contribution < 1.29 is 9.53 Å². The number of hydrogen-bond donors (Lipinski definition) is 2. The van der Waals surface area contributed by atoms with Gasteiger partial charge >= 0.3 is 5.97 Å². The van der Waals surface area contributed by atoms with E-state index in [4.69, 9.17) is 16.3 Å². The summed E-state index contributed by atoms with van der Waals surface area (Å²) < 4.78 is 4.74. The van der Waals surface area contributed by atoms with Crippen LogP contribution >= 0.6 is 0 Å². The minimum Gasteiger partial charge on any atom is -0.469 e. The van der Waals surface area contributed by atoms with Crippen molar-refractivity contribution in [3.8, 4) is 0 Å². The van der Waals surface area contributed by atoms with Crippen LogP contribution in [0.4, 0.5) is 5.69 Å². The van der Waals surface area contributed by atoms with Gasteiger partial charge < -0.3 is 10.5 Å². The van der Waals surface area contributed by atoms with Crippen molar-refractivity contribution in [1.29, 1.82) is 0 Å². The zero-order valence-electron chi connectivity index (χ0n) is 16.4. The molecule has 142 valence electrons. The van der Waals surface area contributed by atoms with Gasteiger partial charge in [-0.15, -0.1) is 0 Å². The first-order valence-electron chi connectivity index (χ1n) is 8.84. The van der Waals surface area contributed by atoms with Gasteiger partial charge in [0, 0.05) is 0 Å². The molecule has 5 heteroatoms. The first-order chi connectivity index (χ1) is 12.6. The van der Waals surface area contributed by atoms with E-state index in [-0.39, 0.29) is 6.42 Å². The maximum absolute atomic E-state index is 11.7. The highest BCUT2D eigenvalue weighted by Crippen LogP contribution is 2.23. The second kappa shape index (κ2) is 13.5. The number of ether oxygens (including phenoxy) is 1. The van der Waals surface area contributed by atoms with E-state index in [1.54, 1.807) is 0 Å². The number of anilines is 1. The number of nitrogens with zero attached hydrogens (tertiary/aromatic N) is 1. The summed E-state index contributed by atoms with van der Waals surface area (Å²) in [5, 5.41) is 1.42. The van der Waals surface area contributed by atoms with Gasteiger partial charge in [0.05, 0.1) is 30.6 Å². The van der Waals surface area contributed by atoms with Crippen LogP contribution in [0.15, 0.2) is 66.4 Å². The molecule has 5 nitrogen and oxygen atoms in total. The molecule has 0 aliphatic heterocycles. The first kappa shape index (κ1) is 23.2. The third-order valence-corrected chi connectivity index (χ3v) is 3.26. The molecule has 0 fully saturated rings. The minimum absolute atomic E-state index is 0.0113. The lowest BCUT2D eigenvalue weighted by Crippen LogP contribution is -2.33. The van der Waals surface area contributed by atoms with E-state index in [1.807, 2.05) is 88.4 Å². The van der Waals surface area contributed by atoms with Gasteiger partial charge in [0.25, 0.3) is 0 Å². The van der Waals surface area contributed by atoms with Crippen LogP contribution in [0.3, 0.4) is 0 Å². The molecule has 4 N–H and O–H groups in total. The van der Waals surface area contributed by atoms with Gasteiger partial charge in [-0.2, -0.15) is 0 Å². The molecule has 0 aliphatic carbocycles. The minimum atomic E-state index is -0.403. The fraction of sp³-hybridized carbons (Fsp3) is 0.286. The number of carbonyl (C=O) groups excluding carboxylic acids is 1. The maximum atomic E-state index is 11.7. The van der Waals surface area contributed by atoms with Crippen molar-refractivity contribution in [2.75, 3.05) is 12.1 Å². The lowest BCUT2D eigenvalue weighted by Gasteiger charge is -2.23. The van der Waals surface area contributed by atoms with Crippen LogP contribution in [0.5, 0.6) is 0 Å². The largest absolute Gasteiger partial charge is 0.469 e. The standard InChI is InChI=1S/C17H19N3O2.2C2H6/c1-22-16(21)12-15(17(18)13-8-4-2-5-9-13)20(19)14-10-6-3-7-11-14;2*1-2/h2-11H,12,18-19H2,1H3;2*1-2H3/b17-15-;;. The molecule has 0 bridgehead atoms. The number of methoxy groups -OCH3 is 1. The fourth-order valence-electron chi connectivity index (χ4n) is 2.05. The summed E-state index contributed by atoms with van der Waals surface area (Å²) in [5.41, 5.74) is 8.70. The Labute approximate surface area is 157 Å². The smallest absolute Gasteiger partial charge is 0.311 e. The Morgan fingerprint density at radius 3 is 1.85 bits per heavy atom. The van der Waals surface area contributed by atoms with Gasteiger partial charge in [0.1, 0.15) is 0 Å². The van der Waals surface area contributed by atoms with Crippen molar-refractivity contribution in [2.45, 2.75) is 34.1 Å². The molecule has 0 saturated heterocycles. The highest BCUT2D eigenvalue weighted by Gasteiger charge is 2.17. The zero-order valence-corrected chi connectivity index (χ0v) is 16.4. The van der Waals surface area contributed by atoms with E-state index < -0.39 is 5.97 Å². The van der Waals surface area contributed by atoms with Crippen LogP contribution in [0.25, 0.3) is 5.70 Å². The molecule has 0 aliphatic rings. The Bertz CT molecular complexity index is 655. The average molecular weight is 357 g/mol. The monoisotopic (exact) mass is 357 g/mol. The van der Waals surface area contributed by atoms with Crippen molar-refractivity contribution >= 4 is 17.4 Å². The number of hydrogen-bond acceptors (Lipinski definition) is 5. The molecular formula is C21H31N3O2. The predicted molar refractivity (Wildman–Crippen MR) is 110 cm³/mol. The number of para-hydroxylation sites is 1. The van der Waals surface area contributed by atoms with Crippen LogP contribution in [0.2, 0.25) is 0 Å². The Morgan fingerprint density at radius 1 is 0.923 bits per heavy atom. The summed E-state index contributed by atoms with van der Waals surface area (Å²) in [7, 11) is 1.34. The van der Waals surface area contributed by atoms with Gasteiger partial charge in [-0.3, -0.25) is 9.80 Å². The average Bonchev–Trinajstić information content (AvgIpc) is 2.75. The van der Waals surface area contributed by atoms with Crippen molar-refractivity contribution in [3.63, 3.8) is 0 Å². The van der Waals surface area contributed by atoms with Gasteiger partial charge in [-0.1, -0.05) is 76.2 Å². The molecule has 0 radical (unpaired) electrons. The highest BCUT2D eigenvalue weighted by atomic mass is 16.5. The second-order valence-electron chi connectivity index (χ2n) is 4.68. The molecule has 0 atom stereocenters. The van der Waals surface area contributed by atoms with Crippen LogP contribution in [-0.4, -0.2) is 13.1 Å². The molecule has 2 aromatic carbocycles. The Hall–Kier alpha value is -2.79. The van der Waals surface area contributed by atoms with Crippen molar-refractivity contribution in [2.24, 2.45) is 11.6 Å². The summed E-state index contributed by atoms with van der Waals surface area (Å²) in [4.78, 5) is 11.7. The van der Waals surface area contributed by atoms with Crippen molar-refractivity contribution in [3.05, 3.63) is 71.9 Å². The molecule has 0 amide bonds. The van der Waals surface area contributed by atoms with Crippen molar-refractivity contribution in [1.82, 2.24) is 0 Å². The van der Waals surface area contributed by atoms with E-state index in [9.17, 15) is 4.79 Å². The van der Waals surface area contributed by atoms with Gasteiger partial charge in [-0.05, 0) is 17.7 Å². The van der Waals surface area contributed by atoms with E-state index in [2.05, 4.69) is 0 Å². The number of carbonyl (C=O) groups is 1. The molecule has 0 spiro atoms. The Balaban J connectivity index is 0.00000146. The summed E-state index contributed by atoms with van der Waals surface area (Å²) in [6.45, 7) is 8.00. The number of hydrazine groups is 1. The van der Waals surface area contributed by atoms with Crippen LogP contribution in [-0.2, 0) is 9.53 Å². The molecule has 0 heterocycles. The molecule has 0 unspecified atom stereocenters. The van der Waals surface area contributed by atoms with Crippen LogP contribution in [0.1, 0.15) is 39.7 Å². The van der Waals surface area contributed by atoms with Gasteiger partial charge in [0.15, 0.2) is 0 Å². The molecule has 0 aromatic heterocycles. The SMILES string of the molecule is CC.CC.COC(=O)C/C(=C(/N)c1ccccc1)N(N)c1ccccc1. The topological polar surface area (TPSA) is 81.6 Å². The lowest BCUT2D eigenvalue weighted by molar-refractivity contribution is -0.139. The highest BCUT2D eigenvalue weighted by molar-refractivity contribution is 5.80. The van der Waals surface area contributed by atoms with Gasteiger partial charge in [0.2, 0.25) is 0 Å². The Morgan fingerprint density at radius 2 is 1.38 bits per heavy atom. The van der Waals surface area contributed by atoms with E-state index in [0.717, 1.165) is 11.3 Å². The molecular weight excluding hydrogens is 326 g/mol.